The van der Waals surface area contributed by atoms with Crippen LogP contribution in [0.3, 0.4) is 0 Å². The number of hydrogen-bond donors (Lipinski definition) is 0. The Morgan fingerprint density at radius 1 is 1.09 bits per heavy atom. The Hall–Kier alpha value is -2.23. The highest BCUT2D eigenvalue weighted by Crippen LogP contribution is 2.33. The number of nitrogens with zero attached hydrogens (tertiary/aromatic N) is 2. The van der Waals surface area contributed by atoms with Crippen LogP contribution >= 0.6 is 0 Å². The number of carbonyl (C=O) groups excluding carboxylic acids is 1. The van der Waals surface area contributed by atoms with E-state index in [1.165, 1.54) is 0 Å². The van der Waals surface area contributed by atoms with Crippen molar-refractivity contribution in [3.63, 3.8) is 0 Å². The van der Waals surface area contributed by atoms with Crippen LogP contribution in [0.15, 0.2) is 48.8 Å². The van der Waals surface area contributed by atoms with E-state index < -0.39 is 0 Å². The Balaban J connectivity index is 1.60. The van der Waals surface area contributed by atoms with Gasteiger partial charge in [-0.2, -0.15) is 0 Å². The molecule has 1 amide bonds. The molecule has 0 bridgehead atoms. The minimum Gasteiger partial charge on any atom is -0.497 e. The van der Waals surface area contributed by atoms with E-state index in [4.69, 9.17) is 4.74 Å². The molecule has 1 aliphatic carbocycles. The number of hydrogen-bond acceptors (Lipinski definition) is 2. The van der Waals surface area contributed by atoms with Crippen LogP contribution in [0.5, 0.6) is 5.75 Å². The number of methoxy groups -OCH3 is 1. The van der Waals surface area contributed by atoms with Gasteiger partial charge in [-0.05, 0) is 62.1 Å². The number of carbonyl (C=O) groups is 1. The van der Waals surface area contributed by atoms with Gasteiger partial charge in [0.1, 0.15) is 5.75 Å². The second-order valence-corrected chi connectivity index (χ2v) is 6.23. The fraction of sp³-hybridized carbons (Fsp3) is 0.421. The molecular formula is C19H24N2O2. The molecule has 122 valence electrons. The Labute approximate surface area is 137 Å². The number of benzene rings is 1. The summed E-state index contributed by atoms with van der Waals surface area (Å²) in [6.45, 7) is 0. The van der Waals surface area contributed by atoms with E-state index in [-0.39, 0.29) is 11.8 Å². The number of ether oxygens (including phenoxy) is 1. The molecule has 0 saturated heterocycles. The Morgan fingerprint density at radius 2 is 1.70 bits per heavy atom. The maximum absolute atomic E-state index is 12.7. The van der Waals surface area contributed by atoms with Crippen LogP contribution < -0.4 is 9.64 Å². The molecule has 1 aromatic carbocycles. The van der Waals surface area contributed by atoms with Crippen molar-refractivity contribution in [1.29, 1.82) is 0 Å². The first kappa shape index (κ1) is 15.7. The van der Waals surface area contributed by atoms with Crippen molar-refractivity contribution in [2.24, 2.45) is 5.92 Å². The first-order valence-corrected chi connectivity index (χ1v) is 8.23. The average Bonchev–Trinajstić information content (AvgIpc) is 3.15. The van der Waals surface area contributed by atoms with Crippen LogP contribution in [0, 0.1) is 5.92 Å². The van der Waals surface area contributed by atoms with Crippen molar-refractivity contribution in [3.05, 3.63) is 48.8 Å². The van der Waals surface area contributed by atoms with Crippen molar-refractivity contribution < 1.29 is 9.53 Å². The van der Waals surface area contributed by atoms with Gasteiger partial charge in [0, 0.05) is 37.1 Å². The minimum atomic E-state index is 0.133. The molecule has 0 radical (unpaired) electrons. The lowest BCUT2D eigenvalue weighted by Gasteiger charge is -2.31. The molecule has 0 spiro atoms. The fourth-order valence-corrected chi connectivity index (χ4v) is 3.42. The molecule has 4 heteroatoms. The highest BCUT2D eigenvalue weighted by molar-refractivity contribution is 5.94. The summed E-state index contributed by atoms with van der Waals surface area (Å²) in [4.78, 5) is 14.5. The quantitative estimate of drug-likeness (QED) is 0.858. The molecule has 0 aliphatic heterocycles. The lowest BCUT2D eigenvalue weighted by molar-refractivity contribution is -0.123. The summed E-state index contributed by atoms with van der Waals surface area (Å²) in [5.41, 5.74) is 0.920. The summed E-state index contributed by atoms with van der Waals surface area (Å²) in [6.07, 6.45) is 8.31. The first-order chi connectivity index (χ1) is 11.2. The minimum absolute atomic E-state index is 0.133. The second-order valence-electron chi connectivity index (χ2n) is 6.23. The van der Waals surface area contributed by atoms with Gasteiger partial charge in [-0.25, -0.2) is 0 Å². The Morgan fingerprint density at radius 3 is 2.26 bits per heavy atom. The number of amides is 1. The third-order valence-electron chi connectivity index (χ3n) is 4.89. The first-order valence-electron chi connectivity index (χ1n) is 8.23. The number of aromatic nitrogens is 1. The van der Waals surface area contributed by atoms with Gasteiger partial charge in [0.25, 0.3) is 0 Å². The number of anilines is 1. The van der Waals surface area contributed by atoms with E-state index in [0.717, 1.165) is 37.1 Å². The molecule has 23 heavy (non-hydrogen) atoms. The highest BCUT2D eigenvalue weighted by atomic mass is 16.5. The van der Waals surface area contributed by atoms with E-state index in [2.05, 4.69) is 29.1 Å². The molecular weight excluding hydrogens is 288 g/mol. The normalized spacial score (nSPS) is 21.0. The van der Waals surface area contributed by atoms with Crippen molar-refractivity contribution >= 4 is 11.6 Å². The van der Waals surface area contributed by atoms with Gasteiger partial charge in [0.05, 0.1) is 7.11 Å². The molecule has 1 aromatic heterocycles. The second kappa shape index (κ2) is 6.90. The Kier molecular flexibility index (Phi) is 4.70. The molecule has 1 aliphatic rings. The van der Waals surface area contributed by atoms with Gasteiger partial charge in [-0.3, -0.25) is 4.79 Å². The maximum atomic E-state index is 12.7. The van der Waals surface area contributed by atoms with E-state index in [1.54, 1.807) is 12.0 Å². The molecule has 2 aromatic rings. The number of rotatable bonds is 4. The van der Waals surface area contributed by atoms with Crippen LogP contribution in [0.4, 0.5) is 5.69 Å². The van der Waals surface area contributed by atoms with E-state index in [9.17, 15) is 4.79 Å². The van der Waals surface area contributed by atoms with E-state index in [0.29, 0.717) is 6.04 Å². The van der Waals surface area contributed by atoms with E-state index in [1.807, 2.05) is 31.3 Å². The standard InChI is InChI=1S/C19H24N2O2/c1-20(16-9-11-18(23-2)12-10-16)19(22)15-5-7-17(8-6-15)21-13-3-4-14-21/h3-4,9-15,17H,5-8H2,1-2H3. The summed E-state index contributed by atoms with van der Waals surface area (Å²) in [5, 5.41) is 0. The van der Waals surface area contributed by atoms with Crippen LogP contribution in [-0.4, -0.2) is 24.6 Å². The molecule has 3 rings (SSSR count). The smallest absolute Gasteiger partial charge is 0.229 e. The zero-order chi connectivity index (χ0) is 16.2. The van der Waals surface area contributed by atoms with Crippen molar-refractivity contribution in [3.8, 4) is 5.75 Å². The molecule has 0 atom stereocenters. The van der Waals surface area contributed by atoms with E-state index >= 15 is 0 Å². The van der Waals surface area contributed by atoms with Crippen molar-refractivity contribution in [1.82, 2.24) is 4.57 Å². The van der Waals surface area contributed by atoms with Crippen molar-refractivity contribution in [2.75, 3.05) is 19.1 Å². The third kappa shape index (κ3) is 3.41. The van der Waals surface area contributed by atoms with Gasteiger partial charge in [-0.15, -0.1) is 0 Å². The molecule has 1 heterocycles. The van der Waals surface area contributed by atoms with Crippen LogP contribution in [-0.2, 0) is 4.79 Å². The van der Waals surface area contributed by atoms with Crippen molar-refractivity contribution in [2.45, 2.75) is 31.7 Å². The predicted octanol–water partition coefficient (Wildman–Crippen LogP) is 3.89. The monoisotopic (exact) mass is 312 g/mol. The fourth-order valence-electron chi connectivity index (χ4n) is 3.42. The van der Waals surface area contributed by atoms with Gasteiger partial charge in [-0.1, -0.05) is 0 Å². The molecule has 1 fully saturated rings. The predicted molar refractivity (Wildman–Crippen MR) is 91.8 cm³/mol. The molecule has 4 nitrogen and oxygen atoms in total. The summed E-state index contributed by atoms with van der Waals surface area (Å²) in [6, 6.07) is 12.3. The lowest BCUT2D eigenvalue weighted by Crippen LogP contribution is -2.35. The maximum Gasteiger partial charge on any atom is 0.229 e. The zero-order valence-electron chi connectivity index (χ0n) is 13.8. The van der Waals surface area contributed by atoms with Crippen LogP contribution in [0.1, 0.15) is 31.7 Å². The molecule has 0 unspecified atom stereocenters. The van der Waals surface area contributed by atoms with Gasteiger partial charge in [0.2, 0.25) is 5.91 Å². The summed E-state index contributed by atoms with van der Waals surface area (Å²) >= 11 is 0. The summed E-state index contributed by atoms with van der Waals surface area (Å²) in [5.74, 6) is 1.16. The highest BCUT2D eigenvalue weighted by Gasteiger charge is 2.29. The molecule has 0 N–H and O–H groups in total. The topological polar surface area (TPSA) is 34.5 Å². The third-order valence-corrected chi connectivity index (χ3v) is 4.89. The largest absolute Gasteiger partial charge is 0.497 e. The summed E-state index contributed by atoms with van der Waals surface area (Å²) in [7, 11) is 3.51. The molecule has 1 saturated carbocycles. The summed E-state index contributed by atoms with van der Waals surface area (Å²) < 4.78 is 7.44. The lowest BCUT2D eigenvalue weighted by atomic mass is 9.85. The van der Waals surface area contributed by atoms with Crippen LogP contribution in [0.2, 0.25) is 0 Å². The zero-order valence-corrected chi connectivity index (χ0v) is 13.8. The SMILES string of the molecule is COc1ccc(N(C)C(=O)C2CCC(n3cccc3)CC2)cc1. The van der Waals surface area contributed by atoms with Gasteiger partial charge >= 0.3 is 0 Å². The van der Waals surface area contributed by atoms with Gasteiger partial charge in [0.15, 0.2) is 0 Å². The van der Waals surface area contributed by atoms with Gasteiger partial charge < -0.3 is 14.2 Å². The average molecular weight is 312 g/mol. The van der Waals surface area contributed by atoms with Crippen LogP contribution in [0.25, 0.3) is 0 Å². The Bertz CT molecular complexity index is 626.